The van der Waals surface area contributed by atoms with E-state index in [1.165, 1.54) is 5.56 Å². The summed E-state index contributed by atoms with van der Waals surface area (Å²) in [5.41, 5.74) is 3.45. The van der Waals surface area contributed by atoms with E-state index < -0.39 is 5.82 Å². The summed E-state index contributed by atoms with van der Waals surface area (Å²) < 4.78 is 13.4. The van der Waals surface area contributed by atoms with Gasteiger partial charge in [-0.05, 0) is 12.0 Å². The standard InChI is InChI=1S/C12H14FN5/c13-10-8-16-12(18-14)17-11(10)15-7-6-9-4-2-1-3-5-9/h1-5,8H,6-7,14H2,(H2,15,16,17,18). The molecular weight excluding hydrogens is 233 g/mol. The molecule has 0 aliphatic rings. The molecule has 0 aliphatic heterocycles. The number of nitrogen functional groups attached to an aromatic ring is 1. The van der Waals surface area contributed by atoms with Crippen molar-refractivity contribution in [2.45, 2.75) is 6.42 Å². The van der Waals surface area contributed by atoms with E-state index in [9.17, 15) is 4.39 Å². The third kappa shape index (κ3) is 3.14. The molecule has 0 amide bonds. The second-order valence-corrected chi connectivity index (χ2v) is 3.70. The number of nitrogens with two attached hydrogens (primary N) is 1. The molecule has 0 bridgehead atoms. The maximum atomic E-state index is 13.4. The molecule has 0 fully saturated rings. The average molecular weight is 247 g/mol. The summed E-state index contributed by atoms with van der Waals surface area (Å²) in [6.45, 7) is 0.585. The van der Waals surface area contributed by atoms with Gasteiger partial charge in [0.2, 0.25) is 5.95 Å². The van der Waals surface area contributed by atoms with E-state index in [1.807, 2.05) is 30.3 Å². The molecule has 4 N–H and O–H groups in total. The van der Waals surface area contributed by atoms with Crippen LogP contribution < -0.4 is 16.6 Å². The van der Waals surface area contributed by atoms with Crippen LogP contribution in [0.1, 0.15) is 5.56 Å². The molecule has 0 radical (unpaired) electrons. The molecule has 1 heterocycles. The van der Waals surface area contributed by atoms with Crippen LogP contribution in [0.15, 0.2) is 36.5 Å². The van der Waals surface area contributed by atoms with Gasteiger partial charge in [-0.2, -0.15) is 4.98 Å². The highest BCUT2D eigenvalue weighted by Gasteiger charge is 2.05. The first-order valence-corrected chi connectivity index (χ1v) is 5.56. The molecular formula is C12H14FN5. The number of benzene rings is 1. The maximum absolute atomic E-state index is 13.4. The average Bonchev–Trinajstić information content (AvgIpc) is 2.42. The first-order chi connectivity index (χ1) is 8.79. The number of rotatable bonds is 5. The Balaban J connectivity index is 1.94. The molecule has 1 aromatic heterocycles. The largest absolute Gasteiger partial charge is 0.367 e. The van der Waals surface area contributed by atoms with Gasteiger partial charge in [-0.15, -0.1) is 0 Å². The van der Waals surface area contributed by atoms with Crippen molar-refractivity contribution in [3.63, 3.8) is 0 Å². The van der Waals surface area contributed by atoms with E-state index in [4.69, 9.17) is 5.84 Å². The van der Waals surface area contributed by atoms with Crippen molar-refractivity contribution >= 4 is 11.8 Å². The van der Waals surface area contributed by atoms with Gasteiger partial charge in [-0.25, -0.2) is 15.2 Å². The van der Waals surface area contributed by atoms with Crippen LogP contribution >= 0.6 is 0 Å². The first kappa shape index (κ1) is 12.3. The van der Waals surface area contributed by atoms with Crippen molar-refractivity contribution in [2.75, 3.05) is 17.3 Å². The lowest BCUT2D eigenvalue weighted by Gasteiger charge is -2.07. The summed E-state index contributed by atoms with van der Waals surface area (Å²) in [7, 11) is 0. The van der Waals surface area contributed by atoms with E-state index in [0.717, 1.165) is 12.6 Å². The Hall–Kier alpha value is -2.21. The van der Waals surface area contributed by atoms with Crippen molar-refractivity contribution < 1.29 is 4.39 Å². The maximum Gasteiger partial charge on any atom is 0.239 e. The zero-order valence-electron chi connectivity index (χ0n) is 9.73. The highest BCUT2D eigenvalue weighted by atomic mass is 19.1. The molecule has 0 saturated carbocycles. The fraction of sp³-hybridized carbons (Fsp3) is 0.167. The van der Waals surface area contributed by atoms with Crippen LogP contribution in [0.25, 0.3) is 0 Å². The van der Waals surface area contributed by atoms with Crippen LogP contribution in [0.4, 0.5) is 16.2 Å². The fourth-order valence-corrected chi connectivity index (χ4v) is 1.53. The molecule has 0 aliphatic carbocycles. The highest BCUT2D eigenvalue weighted by Crippen LogP contribution is 2.11. The van der Waals surface area contributed by atoms with Gasteiger partial charge in [-0.1, -0.05) is 30.3 Å². The second-order valence-electron chi connectivity index (χ2n) is 3.70. The number of halogens is 1. The molecule has 0 unspecified atom stereocenters. The predicted molar refractivity (Wildman–Crippen MR) is 68.4 cm³/mol. The Morgan fingerprint density at radius 3 is 2.72 bits per heavy atom. The molecule has 94 valence electrons. The molecule has 1 aromatic carbocycles. The molecule has 0 spiro atoms. The van der Waals surface area contributed by atoms with E-state index in [1.54, 1.807) is 0 Å². The molecule has 6 heteroatoms. The lowest BCUT2D eigenvalue weighted by molar-refractivity contribution is 0.617. The minimum Gasteiger partial charge on any atom is -0.367 e. The number of anilines is 2. The summed E-state index contributed by atoms with van der Waals surface area (Å²) in [5.74, 6) is 4.99. The summed E-state index contributed by atoms with van der Waals surface area (Å²) in [6.07, 6.45) is 1.86. The summed E-state index contributed by atoms with van der Waals surface area (Å²) in [6, 6.07) is 9.93. The van der Waals surface area contributed by atoms with Gasteiger partial charge in [0.25, 0.3) is 0 Å². The van der Waals surface area contributed by atoms with Gasteiger partial charge in [0.05, 0.1) is 6.20 Å². The van der Waals surface area contributed by atoms with E-state index in [0.29, 0.717) is 6.54 Å². The van der Waals surface area contributed by atoms with Gasteiger partial charge in [0.1, 0.15) is 0 Å². The lowest BCUT2D eigenvalue weighted by atomic mass is 10.1. The predicted octanol–water partition coefficient (Wildman–Crippen LogP) is 1.56. The van der Waals surface area contributed by atoms with Crippen LogP contribution in [0.2, 0.25) is 0 Å². The van der Waals surface area contributed by atoms with Crippen molar-refractivity contribution in [1.29, 1.82) is 0 Å². The monoisotopic (exact) mass is 247 g/mol. The van der Waals surface area contributed by atoms with Crippen molar-refractivity contribution in [1.82, 2.24) is 9.97 Å². The zero-order valence-corrected chi connectivity index (χ0v) is 9.73. The number of hydrazine groups is 1. The summed E-state index contributed by atoms with van der Waals surface area (Å²) in [4.78, 5) is 7.55. The molecule has 2 rings (SSSR count). The number of nitrogens with zero attached hydrogens (tertiary/aromatic N) is 2. The van der Waals surface area contributed by atoms with Crippen LogP contribution in [0, 0.1) is 5.82 Å². The normalized spacial score (nSPS) is 10.1. The Morgan fingerprint density at radius 2 is 2.00 bits per heavy atom. The molecule has 0 saturated heterocycles. The van der Waals surface area contributed by atoms with Gasteiger partial charge < -0.3 is 5.32 Å². The van der Waals surface area contributed by atoms with Crippen LogP contribution in [0.3, 0.4) is 0 Å². The van der Waals surface area contributed by atoms with Crippen LogP contribution in [-0.4, -0.2) is 16.5 Å². The van der Waals surface area contributed by atoms with Crippen LogP contribution in [-0.2, 0) is 6.42 Å². The topological polar surface area (TPSA) is 75.9 Å². The minimum absolute atomic E-state index is 0.147. The summed E-state index contributed by atoms with van der Waals surface area (Å²) in [5, 5.41) is 2.91. The Bertz CT molecular complexity index is 503. The van der Waals surface area contributed by atoms with Gasteiger partial charge in [0.15, 0.2) is 11.6 Å². The molecule has 2 aromatic rings. The van der Waals surface area contributed by atoms with E-state index in [2.05, 4.69) is 20.7 Å². The summed E-state index contributed by atoms with van der Waals surface area (Å²) >= 11 is 0. The van der Waals surface area contributed by atoms with Crippen molar-refractivity contribution in [3.05, 3.63) is 47.9 Å². The van der Waals surface area contributed by atoms with Crippen molar-refractivity contribution in [2.24, 2.45) is 5.84 Å². The smallest absolute Gasteiger partial charge is 0.239 e. The van der Waals surface area contributed by atoms with E-state index >= 15 is 0 Å². The first-order valence-electron chi connectivity index (χ1n) is 5.56. The minimum atomic E-state index is -0.498. The number of aromatic nitrogens is 2. The zero-order chi connectivity index (χ0) is 12.8. The molecule has 0 atom stereocenters. The number of hydrogen-bond acceptors (Lipinski definition) is 5. The SMILES string of the molecule is NNc1ncc(F)c(NCCc2ccccc2)n1. The van der Waals surface area contributed by atoms with Gasteiger partial charge >= 0.3 is 0 Å². The third-order valence-corrected chi connectivity index (χ3v) is 2.42. The fourth-order valence-electron chi connectivity index (χ4n) is 1.53. The van der Waals surface area contributed by atoms with Crippen LogP contribution in [0.5, 0.6) is 0 Å². The Labute approximate surface area is 104 Å². The number of nitrogens with one attached hydrogen (secondary N) is 2. The quantitative estimate of drug-likeness (QED) is 0.552. The Morgan fingerprint density at radius 1 is 1.22 bits per heavy atom. The lowest BCUT2D eigenvalue weighted by Crippen LogP contribution is -2.14. The van der Waals surface area contributed by atoms with Crippen molar-refractivity contribution in [3.8, 4) is 0 Å². The highest BCUT2D eigenvalue weighted by molar-refractivity contribution is 5.40. The molecule has 5 nitrogen and oxygen atoms in total. The molecule has 18 heavy (non-hydrogen) atoms. The van der Waals surface area contributed by atoms with Gasteiger partial charge in [-0.3, -0.25) is 5.43 Å². The number of hydrogen-bond donors (Lipinski definition) is 3. The third-order valence-electron chi connectivity index (χ3n) is 2.42. The van der Waals surface area contributed by atoms with E-state index in [-0.39, 0.29) is 11.8 Å². The Kier molecular flexibility index (Phi) is 4.03. The second kappa shape index (κ2) is 5.92. The van der Waals surface area contributed by atoms with Gasteiger partial charge in [0, 0.05) is 6.54 Å².